The molecule has 2 heterocycles. The fourth-order valence-corrected chi connectivity index (χ4v) is 2.38. The summed E-state index contributed by atoms with van der Waals surface area (Å²) in [6.07, 6.45) is -4.28. The Morgan fingerprint density at radius 2 is 1.67 bits per heavy atom. The predicted molar refractivity (Wildman–Crippen MR) is 90.9 cm³/mol. The molecule has 2 aromatic heterocycles. The first-order valence-electron chi connectivity index (χ1n) is 7.51. The van der Waals surface area contributed by atoms with E-state index < -0.39 is 45.7 Å². The van der Waals surface area contributed by atoms with Crippen molar-refractivity contribution in [1.29, 1.82) is 0 Å². The van der Waals surface area contributed by atoms with E-state index in [-0.39, 0.29) is 11.8 Å². The van der Waals surface area contributed by atoms with Gasteiger partial charge in [0.15, 0.2) is 0 Å². The van der Waals surface area contributed by atoms with E-state index in [4.69, 9.17) is 9.47 Å². The number of anilines is 1. The molecule has 0 radical (unpaired) electrons. The van der Waals surface area contributed by atoms with Gasteiger partial charge in [0.25, 0.3) is 0 Å². The van der Waals surface area contributed by atoms with E-state index in [2.05, 4.69) is 19.1 Å². The maximum absolute atomic E-state index is 12.5. The van der Waals surface area contributed by atoms with Crippen LogP contribution in [0.25, 0.3) is 0 Å². The Labute approximate surface area is 166 Å². The number of alkyl halides is 3. The second kappa shape index (κ2) is 8.76. The number of urea groups is 1. The zero-order chi connectivity index (χ0) is 22.5. The Kier molecular flexibility index (Phi) is 6.60. The van der Waals surface area contributed by atoms with Crippen molar-refractivity contribution < 1.29 is 44.8 Å². The Hall–Kier alpha value is -3.69. The molecule has 2 rings (SSSR count). The lowest BCUT2D eigenvalue weighted by Crippen LogP contribution is -2.37. The highest BCUT2D eigenvalue weighted by atomic mass is 32.2. The van der Waals surface area contributed by atoms with E-state index in [1.54, 1.807) is 0 Å². The van der Waals surface area contributed by atoms with Gasteiger partial charge in [-0.15, -0.1) is 0 Å². The van der Waals surface area contributed by atoms with E-state index in [1.165, 1.54) is 25.0 Å². The summed E-state index contributed by atoms with van der Waals surface area (Å²) in [7, 11) is -2.46. The molecule has 162 valence electrons. The molecule has 0 unspecified atom stereocenters. The molecule has 0 atom stereocenters. The number of hydrogen-bond acceptors (Lipinski definition) is 10. The van der Waals surface area contributed by atoms with Crippen molar-refractivity contribution in [2.24, 2.45) is 0 Å². The maximum atomic E-state index is 12.5. The smallest absolute Gasteiger partial charge is 0.433 e. The lowest BCUT2D eigenvalue weighted by Gasteiger charge is -2.09. The maximum Gasteiger partial charge on any atom is 0.433 e. The van der Waals surface area contributed by atoms with E-state index in [0.29, 0.717) is 18.3 Å². The van der Waals surface area contributed by atoms with E-state index in [9.17, 15) is 31.2 Å². The molecule has 2 aromatic rings. The van der Waals surface area contributed by atoms with Gasteiger partial charge >= 0.3 is 28.5 Å². The van der Waals surface area contributed by atoms with Gasteiger partial charge in [0.05, 0.1) is 25.8 Å². The van der Waals surface area contributed by atoms with Crippen LogP contribution in [0, 0.1) is 0 Å². The van der Waals surface area contributed by atoms with Crippen LogP contribution in [0.4, 0.5) is 23.9 Å². The molecule has 0 fully saturated rings. The van der Waals surface area contributed by atoms with Crippen LogP contribution in [0.15, 0.2) is 24.4 Å². The SMILES string of the molecule is COc1cc(OC)nc(NC(=O)NS(=O)(=O)OC(=O)c2ccc(C(F)(F)F)nc2)n1. The van der Waals surface area contributed by atoms with Crippen molar-refractivity contribution in [2.75, 3.05) is 19.5 Å². The largest absolute Gasteiger partial charge is 0.481 e. The lowest BCUT2D eigenvalue weighted by atomic mass is 10.2. The molecule has 0 aliphatic rings. The summed E-state index contributed by atoms with van der Waals surface area (Å²) in [6.45, 7) is 0. The van der Waals surface area contributed by atoms with Gasteiger partial charge in [-0.25, -0.2) is 14.3 Å². The summed E-state index contributed by atoms with van der Waals surface area (Å²) >= 11 is 0. The number of pyridine rings is 1. The molecular weight excluding hydrogens is 439 g/mol. The van der Waals surface area contributed by atoms with Crippen molar-refractivity contribution in [3.63, 3.8) is 0 Å². The molecule has 0 saturated heterocycles. The number of nitrogens with one attached hydrogen (secondary N) is 2. The van der Waals surface area contributed by atoms with Gasteiger partial charge in [-0.2, -0.15) is 31.6 Å². The number of amides is 2. The number of carbonyl (C=O) groups is 2. The number of carbonyl (C=O) groups excluding carboxylic acids is 2. The molecule has 0 aromatic carbocycles. The van der Waals surface area contributed by atoms with Crippen LogP contribution in [0.5, 0.6) is 11.8 Å². The Morgan fingerprint density at radius 3 is 2.13 bits per heavy atom. The number of nitrogens with zero attached hydrogens (tertiary/aromatic N) is 3. The van der Waals surface area contributed by atoms with Gasteiger partial charge in [0.1, 0.15) is 5.69 Å². The first kappa shape index (κ1) is 22.6. The van der Waals surface area contributed by atoms with Gasteiger partial charge in [-0.1, -0.05) is 0 Å². The Balaban J connectivity index is 2.04. The number of hydrogen-bond donors (Lipinski definition) is 2. The molecule has 2 N–H and O–H groups in total. The molecule has 12 nitrogen and oxygen atoms in total. The third-order valence-electron chi connectivity index (χ3n) is 3.02. The fourth-order valence-electron chi connectivity index (χ4n) is 1.76. The molecule has 0 bridgehead atoms. The van der Waals surface area contributed by atoms with Crippen LogP contribution in [0.3, 0.4) is 0 Å². The number of rotatable bonds is 6. The van der Waals surface area contributed by atoms with Crippen LogP contribution >= 0.6 is 0 Å². The summed E-state index contributed by atoms with van der Waals surface area (Å²) in [5.74, 6) is -2.00. The highest BCUT2D eigenvalue weighted by Gasteiger charge is 2.32. The average Bonchev–Trinajstić information content (AvgIpc) is 2.65. The van der Waals surface area contributed by atoms with Crippen LogP contribution < -0.4 is 19.5 Å². The van der Waals surface area contributed by atoms with E-state index in [1.807, 2.05) is 5.32 Å². The quantitative estimate of drug-likeness (QED) is 0.652. The summed E-state index contributed by atoms with van der Waals surface area (Å²) in [5, 5.41) is 1.94. The summed E-state index contributed by atoms with van der Waals surface area (Å²) < 4.78 is 76.0. The van der Waals surface area contributed by atoms with Crippen molar-refractivity contribution in [2.45, 2.75) is 6.18 Å². The molecule has 0 aliphatic carbocycles. The summed E-state index contributed by atoms with van der Waals surface area (Å²) in [5.41, 5.74) is -1.90. The highest BCUT2D eigenvalue weighted by Crippen LogP contribution is 2.27. The second-order valence-electron chi connectivity index (χ2n) is 5.09. The van der Waals surface area contributed by atoms with Crippen molar-refractivity contribution in [3.8, 4) is 11.8 Å². The Bertz CT molecular complexity index is 1020. The van der Waals surface area contributed by atoms with Gasteiger partial charge in [0, 0.05) is 6.20 Å². The molecule has 16 heteroatoms. The van der Waals surface area contributed by atoms with Crippen LogP contribution in [-0.4, -0.2) is 49.6 Å². The van der Waals surface area contributed by atoms with Gasteiger partial charge in [-0.3, -0.25) is 10.3 Å². The fraction of sp³-hybridized carbons (Fsp3) is 0.214. The number of halogens is 3. The van der Waals surface area contributed by atoms with Gasteiger partial charge < -0.3 is 13.7 Å². The van der Waals surface area contributed by atoms with Crippen molar-refractivity contribution in [3.05, 3.63) is 35.7 Å². The second-order valence-corrected chi connectivity index (χ2v) is 6.37. The molecule has 30 heavy (non-hydrogen) atoms. The number of methoxy groups -OCH3 is 2. The minimum absolute atomic E-state index is 0.0127. The Morgan fingerprint density at radius 1 is 1.07 bits per heavy atom. The lowest BCUT2D eigenvalue weighted by molar-refractivity contribution is -0.141. The van der Waals surface area contributed by atoms with E-state index in [0.717, 1.165) is 0 Å². The van der Waals surface area contributed by atoms with Crippen LogP contribution in [-0.2, 0) is 20.7 Å². The van der Waals surface area contributed by atoms with Gasteiger partial charge in [-0.05, 0) is 12.1 Å². The van der Waals surface area contributed by atoms with Crippen molar-refractivity contribution >= 4 is 28.3 Å². The van der Waals surface area contributed by atoms with E-state index >= 15 is 0 Å². The standard InChI is InChI=1S/C14H12F3N5O7S/c1-27-9-5-10(28-2)20-12(19-9)21-13(24)22-30(25,26)29-11(23)7-3-4-8(18-6-7)14(15,16)17/h3-6H,1-2H3,(H2,19,20,21,22,24). The first-order valence-corrected chi connectivity index (χ1v) is 8.92. The monoisotopic (exact) mass is 451 g/mol. The third kappa shape index (κ3) is 6.16. The molecule has 0 saturated carbocycles. The van der Waals surface area contributed by atoms with Gasteiger partial charge in [0.2, 0.25) is 17.7 Å². The molecule has 0 aliphatic heterocycles. The predicted octanol–water partition coefficient (Wildman–Crippen LogP) is 1.13. The highest BCUT2D eigenvalue weighted by molar-refractivity contribution is 7.85. The summed E-state index contributed by atoms with van der Waals surface area (Å²) in [4.78, 5) is 34.0. The minimum Gasteiger partial charge on any atom is -0.481 e. The molecular formula is C14H12F3N5O7S. The third-order valence-corrected chi connectivity index (χ3v) is 3.82. The molecule has 2 amide bonds. The topological polar surface area (TPSA) is 159 Å². The zero-order valence-corrected chi connectivity index (χ0v) is 15.9. The summed E-state index contributed by atoms with van der Waals surface area (Å²) in [6, 6.07) is 0.976. The van der Waals surface area contributed by atoms with Crippen LogP contribution in [0.1, 0.15) is 16.1 Å². The zero-order valence-electron chi connectivity index (χ0n) is 15.1. The normalized spacial score (nSPS) is 11.4. The molecule has 0 spiro atoms. The number of ether oxygens (including phenoxy) is 2. The first-order chi connectivity index (χ1) is 13.9. The minimum atomic E-state index is -5.00. The number of aromatic nitrogens is 3. The van der Waals surface area contributed by atoms with Crippen LogP contribution in [0.2, 0.25) is 0 Å². The average molecular weight is 451 g/mol. The van der Waals surface area contributed by atoms with Crippen molar-refractivity contribution in [1.82, 2.24) is 19.7 Å².